The summed E-state index contributed by atoms with van der Waals surface area (Å²) in [4.78, 5) is 2.64. The van der Waals surface area contributed by atoms with Crippen molar-refractivity contribution in [1.82, 2.24) is 5.32 Å². The Balaban J connectivity index is 1.90. The van der Waals surface area contributed by atoms with Crippen LogP contribution in [0.3, 0.4) is 0 Å². The molecule has 1 aromatic rings. The van der Waals surface area contributed by atoms with Gasteiger partial charge in [-0.05, 0) is 59.2 Å². The van der Waals surface area contributed by atoms with Gasteiger partial charge in [0.1, 0.15) is 0 Å². The van der Waals surface area contributed by atoms with E-state index in [-0.39, 0.29) is 0 Å². The van der Waals surface area contributed by atoms with Gasteiger partial charge in [0, 0.05) is 29.6 Å². The number of nitrogens with zero attached hydrogens (tertiary/aromatic N) is 1. The second kappa shape index (κ2) is 5.69. The van der Waals surface area contributed by atoms with Crippen molar-refractivity contribution in [3.63, 3.8) is 0 Å². The predicted molar refractivity (Wildman–Crippen MR) is 89.4 cm³/mol. The standard InChI is InChI=1S/C17H25BrN2/c1-11(2)16-9-19-14(13-7-8-13)10-20(16)15-6-4-5-12(3)17(15)18/h4-6,11,13-14,16,19H,7-10H2,1-3H3. The number of aryl methyl sites for hydroxylation is 1. The number of nitrogens with one attached hydrogen (secondary N) is 1. The number of hydrogen-bond acceptors (Lipinski definition) is 2. The van der Waals surface area contributed by atoms with Crippen LogP contribution in [0.15, 0.2) is 22.7 Å². The van der Waals surface area contributed by atoms with E-state index in [2.05, 4.69) is 65.1 Å². The van der Waals surface area contributed by atoms with Crippen LogP contribution in [0.5, 0.6) is 0 Å². The molecule has 1 aliphatic heterocycles. The van der Waals surface area contributed by atoms with Gasteiger partial charge in [-0.2, -0.15) is 0 Å². The van der Waals surface area contributed by atoms with Crippen molar-refractivity contribution >= 4 is 21.6 Å². The molecular weight excluding hydrogens is 312 g/mol. The number of hydrogen-bond donors (Lipinski definition) is 1. The maximum absolute atomic E-state index is 3.80. The summed E-state index contributed by atoms with van der Waals surface area (Å²) in [6, 6.07) is 7.89. The lowest BCUT2D eigenvalue weighted by Gasteiger charge is -2.44. The Labute approximate surface area is 131 Å². The van der Waals surface area contributed by atoms with Crippen LogP contribution >= 0.6 is 15.9 Å². The van der Waals surface area contributed by atoms with Gasteiger partial charge < -0.3 is 10.2 Å². The van der Waals surface area contributed by atoms with Gasteiger partial charge in [0.25, 0.3) is 0 Å². The molecule has 2 unspecified atom stereocenters. The second-order valence-electron chi connectivity index (χ2n) is 6.72. The molecule has 2 atom stereocenters. The molecule has 0 amide bonds. The fraction of sp³-hybridized carbons (Fsp3) is 0.647. The number of halogens is 1. The van der Waals surface area contributed by atoms with Gasteiger partial charge in [-0.15, -0.1) is 0 Å². The lowest BCUT2D eigenvalue weighted by molar-refractivity contribution is 0.320. The highest BCUT2D eigenvalue weighted by Crippen LogP contribution is 2.38. The molecule has 1 aliphatic carbocycles. The topological polar surface area (TPSA) is 15.3 Å². The van der Waals surface area contributed by atoms with Gasteiger partial charge in [0.2, 0.25) is 0 Å². The molecule has 2 nitrogen and oxygen atoms in total. The first-order valence-corrected chi connectivity index (χ1v) is 8.62. The predicted octanol–water partition coefficient (Wildman–Crippen LogP) is 3.97. The summed E-state index contributed by atoms with van der Waals surface area (Å²) in [5.74, 6) is 1.57. The minimum absolute atomic E-state index is 0.586. The third-order valence-electron chi connectivity index (χ3n) is 4.82. The Kier molecular flexibility index (Phi) is 4.09. The van der Waals surface area contributed by atoms with Crippen LogP contribution < -0.4 is 10.2 Å². The minimum Gasteiger partial charge on any atom is -0.365 e. The van der Waals surface area contributed by atoms with Crippen molar-refractivity contribution in [2.75, 3.05) is 18.0 Å². The molecule has 3 heteroatoms. The SMILES string of the molecule is Cc1cccc(N2CC(C3CC3)NCC2C(C)C)c1Br. The van der Waals surface area contributed by atoms with Crippen LogP contribution in [0.2, 0.25) is 0 Å². The van der Waals surface area contributed by atoms with E-state index >= 15 is 0 Å². The van der Waals surface area contributed by atoms with Gasteiger partial charge in [0.15, 0.2) is 0 Å². The fourth-order valence-electron chi connectivity index (χ4n) is 3.33. The zero-order chi connectivity index (χ0) is 14.3. The molecular formula is C17H25BrN2. The van der Waals surface area contributed by atoms with E-state index < -0.39 is 0 Å². The molecule has 1 saturated heterocycles. The fourth-order valence-corrected chi connectivity index (χ4v) is 3.83. The smallest absolute Gasteiger partial charge is 0.0516 e. The molecule has 1 aromatic carbocycles. The van der Waals surface area contributed by atoms with Crippen LogP contribution in [-0.4, -0.2) is 25.2 Å². The van der Waals surface area contributed by atoms with Gasteiger partial charge in [-0.25, -0.2) is 0 Å². The van der Waals surface area contributed by atoms with E-state index in [1.165, 1.54) is 28.6 Å². The second-order valence-corrected chi connectivity index (χ2v) is 7.52. The van der Waals surface area contributed by atoms with Crippen LogP contribution in [0, 0.1) is 18.8 Å². The van der Waals surface area contributed by atoms with Gasteiger partial charge >= 0.3 is 0 Å². The Bertz CT molecular complexity index is 482. The molecule has 3 rings (SSSR count). The first-order chi connectivity index (χ1) is 9.58. The molecule has 0 bridgehead atoms. The molecule has 110 valence electrons. The molecule has 0 aromatic heterocycles. The Morgan fingerprint density at radius 1 is 1.30 bits per heavy atom. The lowest BCUT2D eigenvalue weighted by atomic mass is 9.96. The zero-order valence-corrected chi connectivity index (χ0v) is 14.3. The molecule has 1 N–H and O–H groups in total. The summed E-state index contributed by atoms with van der Waals surface area (Å²) in [5.41, 5.74) is 2.70. The molecule has 0 spiro atoms. The normalized spacial score (nSPS) is 27.1. The van der Waals surface area contributed by atoms with Crippen LogP contribution in [-0.2, 0) is 0 Å². The summed E-state index contributed by atoms with van der Waals surface area (Å²) in [5, 5.41) is 3.79. The van der Waals surface area contributed by atoms with E-state index in [0.717, 1.165) is 19.0 Å². The summed E-state index contributed by atoms with van der Waals surface area (Å²) in [6.07, 6.45) is 2.82. The van der Waals surface area contributed by atoms with E-state index in [0.29, 0.717) is 18.0 Å². The maximum atomic E-state index is 3.80. The number of anilines is 1. The Morgan fingerprint density at radius 3 is 2.70 bits per heavy atom. The van der Waals surface area contributed by atoms with Gasteiger partial charge in [-0.1, -0.05) is 26.0 Å². The minimum atomic E-state index is 0.586. The number of benzene rings is 1. The summed E-state index contributed by atoms with van der Waals surface area (Å²) < 4.78 is 1.27. The van der Waals surface area contributed by atoms with E-state index in [1.807, 2.05) is 0 Å². The molecule has 0 radical (unpaired) electrons. The highest BCUT2D eigenvalue weighted by Gasteiger charge is 2.38. The van der Waals surface area contributed by atoms with Crippen molar-refractivity contribution in [3.05, 3.63) is 28.2 Å². The highest BCUT2D eigenvalue weighted by atomic mass is 79.9. The molecule has 20 heavy (non-hydrogen) atoms. The first kappa shape index (κ1) is 14.4. The van der Waals surface area contributed by atoms with Crippen molar-refractivity contribution in [2.24, 2.45) is 11.8 Å². The first-order valence-electron chi connectivity index (χ1n) is 7.83. The molecule has 2 aliphatic rings. The maximum Gasteiger partial charge on any atom is 0.0516 e. The van der Waals surface area contributed by atoms with Gasteiger partial charge in [0.05, 0.1) is 5.69 Å². The highest BCUT2D eigenvalue weighted by molar-refractivity contribution is 9.10. The molecule has 1 heterocycles. The Morgan fingerprint density at radius 2 is 2.05 bits per heavy atom. The number of rotatable bonds is 3. The lowest BCUT2D eigenvalue weighted by Crippen LogP contribution is -2.59. The van der Waals surface area contributed by atoms with Crippen LogP contribution in [0.1, 0.15) is 32.3 Å². The quantitative estimate of drug-likeness (QED) is 0.898. The van der Waals surface area contributed by atoms with E-state index in [1.54, 1.807) is 0 Å². The van der Waals surface area contributed by atoms with Crippen molar-refractivity contribution in [2.45, 2.75) is 45.7 Å². The largest absolute Gasteiger partial charge is 0.365 e. The van der Waals surface area contributed by atoms with E-state index in [4.69, 9.17) is 0 Å². The summed E-state index contributed by atoms with van der Waals surface area (Å²) in [6.45, 7) is 9.11. The Hall–Kier alpha value is -0.540. The van der Waals surface area contributed by atoms with E-state index in [9.17, 15) is 0 Å². The zero-order valence-electron chi connectivity index (χ0n) is 12.7. The monoisotopic (exact) mass is 336 g/mol. The van der Waals surface area contributed by atoms with Gasteiger partial charge in [-0.3, -0.25) is 0 Å². The van der Waals surface area contributed by atoms with Crippen molar-refractivity contribution in [1.29, 1.82) is 0 Å². The average molecular weight is 337 g/mol. The molecule has 2 fully saturated rings. The van der Waals surface area contributed by atoms with Crippen LogP contribution in [0.4, 0.5) is 5.69 Å². The van der Waals surface area contributed by atoms with Crippen molar-refractivity contribution < 1.29 is 0 Å². The third kappa shape index (κ3) is 2.75. The summed E-state index contributed by atoms with van der Waals surface area (Å²) in [7, 11) is 0. The van der Waals surface area contributed by atoms with Crippen molar-refractivity contribution in [3.8, 4) is 0 Å². The third-order valence-corrected chi connectivity index (χ3v) is 5.86. The number of piperazine rings is 1. The average Bonchev–Trinajstić information content (AvgIpc) is 3.25. The van der Waals surface area contributed by atoms with Crippen LogP contribution in [0.25, 0.3) is 0 Å². The summed E-state index contributed by atoms with van der Waals surface area (Å²) >= 11 is 3.80. The molecule has 1 saturated carbocycles.